The number of allylic oxidation sites excluding steroid dienone is 4. The maximum absolute atomic E-state index is 14.3. The smallest absolute Gasteiger partial charge is 0.325 e. The quantitative estimate of drug-likeness (QED) is 0.0742. The van der Waals surface area contributed by atoms with Crippen LogP contribution in [0.3, 0.4) is 0 Å². The molecule has 0 aromatic rings. The molecular weight excluding hydrogens is 508 g/mol. The molecule has 2 amide bonds. The van der Waals surface area contributed by atoms with E-state index >= 15 is 0 Å². The maximum atomic E-state index is 14.3. The van der Waals surface area contributed by atoms with Crippen molar-refractivity contribution in [1.82, 2.24) is 15.5 Å². The Hall–Kier alpha value is -2.50. The number of aliphatic hydroxyl groups is 2. The van der Waals surface area contributed by atoms with E-state index < -0.39 is 43.2 Å². The van der Waals surface area contributed by atoms with Crippen LogP contribution >= 0.6 is 0 Å². The number of alkyl halides is 2. The number of rotatable bonds is 18. The Morgan fingerprint density at radius 3 is 2.38 bits per heavy atom. The molecule has 0 aromatic carbocycles. The summed E-state index contributed by atoms with van der Waals surface area (Å²) in [5.41, 5.74) is 5.89. The van der Waals surface area contributed by atoms with Crippen LogP contribution in [0.15, 0.2) is 41.6 Å². The van der Waals surface area contributed by atoms with Gasteiger partial charge in [0.25, 0.3) is 0 Å². The van der Waals surface area contributed by atoms with Crippen LogP contribution in [0.5, 0.6) is 0 Å². The molecule has 2 aliphatic rings. The van der Waals surface area contributed by atoms with Crippen molar-refractivity contribution in [2.24, 2.45) is 10.7 Å². The molecule has 0 saturated carbocycles. The Morgan fingerprint density at radius 1 is 1.13 bits per heavy atom. The standard InChI is InChI=1S/C28H47F2N5O4/c1-2-3-4-5-6-7-8-9-10-11-12-13-14-15-16-17-19-32-26(31)33-23-18-20-35(27(38)34-23)25-28(29,30)24(37)22(21-36)39-25/h6-7,9-10,18,20,22-25,36-37H,2-5,8,11-17,19,21H2,1H3,(H,34,38)(H3,31,32,33)/t22-,23?,24-,25-/m1/s1. The second-order valence-corrected chi connectivity index (χ2v) is 10.0. The van der Waals surface area contributed by atoms with Crippen molar-refractivity contribution >= 4 is 12.0 Å². The number of hydrogen-bond donors (Lipinski definition) is 5. The van der Waals surface area contributed by atoms with Crippen LogP contribution in [0.1, 0.15) is 84.0 Å². The van der Waals surface area contributed by atoms with Crippen molar-refractivity contribution in [2.75, 3.05) is 13.2 Å². The number of nitrogens with one attached hydrogen (secondary N) is 2. The molecule has 2 rings (SSSR count). The van der Waals surface area contributed by atoms with Crippen LogP contribution in [0.4, 0.5) is 13.6 Å². The number of hydrogen-bond acceptors (Lipinski definition) is 5. The Labute approximate surface area is 231 Å². The number of aliphatic imine (C=N–C) groups is 1. The largest absolute Gasteiger partial charge is 0.394 e. The molecule has 0 aromatic heterocycles. The molecule has 222 valence electrons. The van der Waals surface area contributed by atoms with Crippen molar-refractivity contribution in [2.45, 2.75) is 114 Å². The van der Waals surface area contributed by atoms with Gasteiger partial charge >= 0.3 is 12.0 Å². The predicted molar refractivity (Wildman–Crippen MR) is 149 cm³/mol. The molecule has 11 heteroatoms. The lowest BCUT2D eigenvalue weighted by atomic mass is 10.1. The lowest BCUT2D eigenvalue weighted by Crippen LogP contribution is -2.59. The highest BCUT2D eigenvalue weighted by Gasteiger charge is 2.61. The number of unbranched alkanes of at least 4 members (excludes halogenated alkanes) is 9. The van der Waals surface area contributed by atoms with Crippen molar-refractivity contribution in [3.05, 3.63) is 36.6 Å². The average molecular weight is 556 g/mol. The second-order valence-electron chi connectivity index (χ2n) is 10.0. The molecule has 0 aliphatic carbocycles. The number of carbonyl (C=O) groups excluding carboxylic acids is 1. The monoisotopic (exact) mass is 555 g/mol. The molecule has 6 N–H and O–H groups in total. The van der Waals surface area contributed by atoms with E-state index in [2.05, 4.69) is 46.9 Å². The first-order chi connectivity index (χ1) is 18.8. The maximum Gasteiger partial charge on any atom is 0.325 e. The molecule has 0 radical (unpaired) electrons. The van der Waals surface area contributed by atoms with Gasteiger partial charge in [0.2, 0.25) is 6.23 Å². The lowest BCUT2D eigenvalue weighted by Gasteiger charge is -2.33. The van der Waals surface area contributed by atoms with Crippen LogP contribution in [0, 0.1) is 0 Å². The first kappa shape index (κ1) is 32.7. The third-order valence-corrected chi connectivity index (χ3v) is 6.71. The van der Waals surface area contributed by atoms with Gasteiger partial charge in [-0.25, -0.2) is 4.79 Å². The minimum atomic E-state index is -3.74. The number of ether oxygens (including phenoxy) is 1. The van der Waals surface area contributed by atoms with Crippen molar-refractivity contribution in [1.29, 1.82) is 0 Å². The fraction of sp³-hybridized carbons (Fsp3) is 0.714. The van der Waals surface area contributed by atoms with Gasteiger partial charge in [-0.1, -0.05) is 69.8 Å². The van der Waals surface area contributed by atoms with E-state index in [1.807, 2.05) is 0 Å². The van der Waals surface area contributed by atoms with Crippen LogP contribution in [-0.2, 0) is 4.74 Å². The highest BCUT2D eigenvalue weighted by molar-refractivity contribution is 5.81. The topological polar surface area (TPSA) is 132 Å². The van der Waals surface area contributed by atoms with E-state index in [0.29, 0.717) is 11.4 Å². The van der Waals surface area contributed by atoms with Gasteiger partial charge in [-0.15, -0.1) is 0 Å². The Balaban J connectivity index is 1.54. The summed E-state index contributed by atoms with van der Waals surface area (Å²) in [6.45, 7) is 1.98. The number of halogens is 2. The van der Waals surface area contributed by atoms with Gasteiger partial charge in [-0.3, -0.25) is 9.89 Å². The van der Waals surface area contributed by atoms with Crippen molar-refractivity contribution < 1.29 is 28.5 Å². The van der Waals surface area contributed by atoms with E-state index in [4.69, 9.17) is 15.6 Å². The fourth-order valence-electron chi connectivity index (χ4n) is 4.39. The van der Waals surface area contributed by atoms with E-state index in [9.17, 15) is 18.7 Å². The van der Waals surface area contributed by atoms with Gasteiger partial charge in [0.05, 0.1) is 6.61 Å². The molecule has 1 unspecified atom stereocenters. The first-order valence-electron chi connectivity index (χ1n) is 14.3. The highest BCUT2D eigenvalue weighted by atomic mass is 19.3. The van der Waals surface area contributed by atoms with Gasteiger partial charge < -0.3 is 31.3 Å². The lowest BCUT2D eigenvalue weighted by molar-refractivity contribution is -0.145. The number of nitrogens with two attached hydrogens (primary N) is 1. The average Bonchev–Trinajstić information content (AvgIpc) is 3.14. The minimum absolute atomic E-state index is 0.138. The summed E-state index contributed by atoms with van der Waals surface area (Å²) in [5, 5.41) is 24.1. The highest BCUT2D eigenvalue weighted by Crippen LogP contribution is 2.38. The van der Waals surface area contributed by atoms with Gasteiger partial charge in [-0.05, 0) is 44.6 Å². The molecule has 0 spiro atoms. The molecule has 39 heavy (non-hydrogen) atoms. The number of urea groups is 1. The summed E-state index contributed by atoms with van der Waals surface area (Å²) >= 11 is 0. The van der Waals surface area contributed by atoms with E-state index in [-0.39, 0.29) is 5.96 Å². The van der Waals surface area contributed by atoms with Crippen LogP contribution < -0.4 is 16.4 Å². The number of guanidine groups is 1. The summed E-state index contributed by atoms with van der Waals surface area (Å²) in [7, 11) is 0. The third-order valence-electron chi connectivity index (χ3n) is 6.71. The van der Waals surface area contributed by atoms with E-state index in [1.54, 1.807) is 0 Å². The van der Waals surface area contributed by atoms with E-state index in [0.717, 1.165) is 38.3 Å². The molecule has 4 atom stereocenters. The van der Waals surface area contributed by atoms with Gasteiger partial charge in [-0.2, -0.15) is 8.78 Å². The second kappa shape index (κ2) is 18.0. The molecule has 1 fully saturated rings. The number of carbonyl (C=O) groups is 1. The Bertz CT molecular complexity index is 837. The SMILES string of the molecule is CCCCCC=CCC=CCCCCCCCCN=C(N)NC1C=CN([C@@H]2O[C@H](CO)[C@@H](O)C2(F)F)C(=O)N1. The zero-order valence-electron chi connectivity index (χ0n) is 23.1. The van der Waals surface area contributed by atoms with Crippen LogP contribution in [0.25, 0.3) is 0 Å². The number of aliphatic hydroxyl groups excluding tert-OH is 2. The molecule has 0 bridgehead atoms. The Morgan fingerprint density at radius 2 is 1.77 bits per heavy atom. The minimum Gasteiger partial charge on any atom is -0.394 e. The Kier molecular flexibility index (Phi) is 15.1. The van der Waals surface area contributed by atoms with Gasteiger partial charge in [0.15, 0.2) is 12.1 Å². The van der Waals surface area contributed by atoms with Crippen LogP contribution in [0.2, 0.25) is 0 Å². The zero-order chi connectivity index (χ0) is 28.5. The molecule has 2 heterocycles. The van der Waals surface area contributed by atoms with Gasteiger partial charge in [0.1, 0.15) is 12.3 Å². The summed E-state index contributed by atoms with van der Waals surface area (Å²) in [4.78, 5) is 17.3. The zero-order valence-corrected chi connectivity index (χ0v) is 23.1. The summed E-state index contributed by atoms with van der Waals surface area (Å²) in [6, 6.07) is -0.858. The number of nitrogens with zero attached hydrogens (tertiary/aromatic N) is 2. The normalized spacial score (nSPS) is 25.2. The van der Waals surface area contributed by atoms with E-state index in [1.165, 1.54) is 51.0 Å². The third kappa shape index (κ3) is 11.3. The van der Waals surface area contributed by atoms with Crippen molar-refractivity contribution in [3.8, 4) is 0 Å². The summed E-state index contributed by atoms with van der Waals surface area (Å²) in [5.74, 6) is -3.60. The summed E-state index contributed by atoms with van der Waals surface area (Å²) in [6.07, 6.45) is 19.1. The molecule has 9 nitrogen and oxygen atoms in total. The number of amides is 2. The molecular formula is C28H47F2N5O4. The van der Waals surface area contributed by atoms with Crippen LogP contribution in [-0.4, -0.2) is 70.8 Å². The predicted octanol–water partition coefficient (Wildman–Crippen LogP) is 4.28. The fourth-order valence-corrected chi connectivity index (χ4v) is 4.39. The molecule has 2 aliphatic heterocycles. The van der Waals surface area contributed by atoms with Crippen molar-refractivity contribution in [3.63, 3.8) is 0 Å². The summed E-state index contributed by atoms with van der Waals surface area (Å²) < 4.78 is 33.6. The molecule has 1 saturated heterocycles. The first-order valence-corrected chi connectivity index (χ1v) is 14.3. The van der Waals surface area contributed by atoms with Gasteiger partial charge in [0, 0.05) is 12.7 Å².